The van der Waals surface area contributed by atoms with Crippen molar-refractivity contribution in [2.75, 3.05) is 0 Å². The van der Waals surface area contributed by atoms with Crippen LogP contribution < -0.4 is 10.5 Å². The summed E-state index contributed by atoms with van der Waals surface area (Å²) in [5, 5.41) is 0. The average molecular weight is 247 g/mol. The second kappa shape index (κ2) is 6.24. The van der Waals surface area contributed by atoms with Crippen molar-refractivity contribution in [1.29, 1.82) is 0 Å². The van der Waals surface area contributed by atoms with Crippen molar-refractivity contribution in [3.8, 4) is 5.75 Å². The van der Waals surface area contributed by atoms with Crippen LogP contribution in [0.3, 0.4) is 0 Å². The molecule has 1 fully saturated rings. The zero-order valence-corrected chi connectivity index (χ0v) is 11.6. The Labute approximate surface area is 111 Å². The monoisotopic (exact) mass is 247 g/mol. The predicted molar refractivity (Wildman–Crippen MR) is 75.7 cm³/mol. The Hall–Kier alpha value is -1.02. The molecule has 1 aliphatic carbocycles. The Morgan fingerprint density at radius 3 is 2.61 bits per heavy atom. The van der Waals surface area contributed by atoms with E-state index in [1.54, 1.807) is 0 Å². The molecule has 2 N–H and O–H groups in total. The van der Waals surface area contributed by atoms with E-state index in [2.05, 4.69) is 19.1 Å². The van der Waals surface area contributed by atoms with Gasteiger partial charge in [-0.1, -0.05) is 31.9 Å². The van der Waals surface area contributed by atoms with Gasteiger partial charge in [0, 0.05) is 6.04 Å². The summed E-state index contributed by atoms with van der Waals surface area (Å²) in [7, 11) is 0. The minimum Gasteiger partial charge on any atom is -0.490 e. The number of hydrogen-bond acceptors (Lipinski definition) is 2. The third kappa shape index (κ3) is 3.49. The maximum atomic E-state index is 6.08. The van der Waals surface area contributed by atoms with Gasteiger partial charge in [0.1, 0.15) is 5.75 Å². The van der Waals surface area contributed by atoms with Crippen LogP contribution in [0.2, 0.25) is 0 Å². The fraction of sp³-hybridized carbons (Fsp3) is 0.625. The maximum Gasteiger partial charge on any atom is 0.119 e. The summed E-state index contributed by atoms with van der Waals surface area (Å²) >= 11 is 0. The van der Waals surface area contributed by atoms with Gasteiger partial charge in [-0.2, -0.15) is 0 Å². The first kappa shape index (κ1) is 13.4. The summed E-state index contributed by atoms with van der Waals surface area (Å²) in [4.78, 5) is 0. The molecule has 0 bridgehead atoms. The normalized spacial score (nSPS) is 25.7. The minimum atomic E-state index is 0.0956. The number of benzene rings is 1. The molecule has 0 heterocycles. The number of ether oxygens (including phenoxy) is 1. The first-order valence-electron chi connectivity index (χ1n) is 7.21. The van der Waals surface area contributed by atoms with Crippen molar-refractivity contribution in [2.24, 2.45) is 11.7 Å². The lowest BCUT2D eigenvalue weighted by molar-refractivity contribution is 0.122. The zero-order chi connectivity index (χ0) is 13.0. The summed E-state index contributed by atoms with van der Waals surface area (Å²) in [5.41, 5.74) is 7.01. The van der Waals surface area contributed by atoms with Gasteiger partial charge < -0.3 is 10.5 Å². The highest BCUT2D eigenvalue weighted by molar-refractivity contribution is 5.28. The molecular weight excluding hydrogens is 222 g/mol. The first-order chi connectivity index (χ1) is 8.69. The van der Waals surface area contributed by atoms with Crippen LogP contribution in [0.1, 0.15) is 57.6 Å². The molecule has 0 radical (unpaired) electrons. The predicted octanol–water partition coefficient (Wildman–Crippen LogP) is 4.05. The molecule has 3 atom stereocenters. The van der Waals surface area contributed by atoms with Crippen LogP contribution >= 0.6 is 0 Å². The van der Waals surface area contributed by atoms with Crippen molar-refractivity contribution >= 4 is 0 Å². The lowest BCUT2D eigenvalue weighted by atomic mass is 9.85. The molecule has 2 unspecified atom stereocenters. The molecule has 100 valence electrons. The maximum absolute atomic E-state index is 6.08. The SMILES string of the molecule is CCC1CCCC(Oc2ccc([C@H](C)N)cc2)C1. The number of hydrogen-bond donors (Lipinski definition) is 1. The highest BCUT2D eigenvalue weighted by atomic mass is 16.5. The molecule has 2 rings (SSSR count). The molecule has 1 aromatic rings. The van der Waals surface area contributed by atoms with Crippen molar-refractivity contribution in [3.63, 3.8) is 0 Å². The molecule has 0 amide bonds. The highest BCUT2D eigenvalue weighted by Gasteiger charge is 2.21. The van der Waals surface area contributed by atoms with Crippen molar-refractivity contribution in [1.82, 2.24) is 0 Å². The first-order valence-corrected chi connectivity index (χ1v) is 7.21. The van der Waals surface area contributed by atoms with Gasteiger partial charge in [0.2, 0.25) is 0 Å². The van der Waals surface area contributed by atoms with Crippen LogP contribution in [0.4, 0.5) is 0 Å². The quantitative estimate of drug-likeness (QED) is 0.871. The van der Waals surface area contributed by atoms with Crippen LogP contribution in [-0.4, -0.2) is 6.10 Å². The molecule has 0 spiro atoms. The molecule has 2 nitrogen and oxygen atoms in total. The van der Waals surface area contributed by atoms with Crippen molar-refractivity contribution < 1.29 is 4.74 Å². The molecule has 2 heteroatoms. The minimum absolute atomic E-state index is 0.0956. The molecule has 18 heavy (non-hydrogen) atoms. The summed E-state index contributed by atoms with van der Waals surface area (Å²) in [6, 6.07) is 8.33. The van der Waals surface area contributed by atoms with Gasteiger partial charge in [-0.25, -0.2) is 0 Å². The fourth-order valence-electron chi connectivity index (χ4n) is 2.76. The van der Waals surface area contributed by atoms with E-state index in [-0.39, 0.29) is 6.04 Å². The van der Waals surface area contributed by atoms with Gasteiger partial charge in [0.25, 0.3) is 0 Å². The largest absolute Gasteiger partial charge is 0.490 e. The molecular formula is C16H25NO. The number of rotatable bonds is 4. The molecule has 0 saturated heterocycles. The van der Waals surface area contributed by atoms with Crippen molar-refractivity contribution in [2.45, 2.75) is 58.1 Å². The fourth-order valence-corrected chi connectivity index (χ4v) is 2.76. The average Bonchev–Trinajstić information content (AvgIpc) is 2.39. The van der Waals surface area contributed by atoms with E-state index in [4.69, 9.17) is 10.5 Å². The summed E-state index contributed by atoms with van der Waals surface area (Å²) in [6.07, 6.45) is 6.78. The lowest BCUT2D eigenvalue weighted by Crippen LogP contribution is -2.25. The third-order valence-electron chi connectivity index (χ3n) is 4.02. The molecule has 1 aliphatic rings. The zero-order valence-electron chi connectivity index (χ0n) is 11.6. The Bertz CT molecular complexity index is 358. The molecule has 0 aliphatic heterocycles. The number of nitrogens with two attached hydrogens (primary N) is 1. The Morgan fingerprint density at radius 1 is 1.28 bits per heavy atom. The third-order valence-corrected chi connectivity index (χ3v) is 4.02. The van der Waals surface area contributed by atoms with E-state index in [0.717, 1.165) is 17.2 Å². The van der Waals surface area contributed by atoms with E-state index in [1.165, 1.54) is 32.1 Å². The van der Waals surface area contributed by atoms with Crippen LogP contribution in [0.5, 0.6) is 5.75 Å². The summed E-state index contributed by atoms with van der Waals surface area (Å²) in [5.74, 6) is 1.84. The Balaban J connectivity index is 1.92. The summed E-state index contributed by atoms with van der Waals surface area (Å²) < 4.78 is 6.08. The highest BCUT2D eigenvalue weighted by Crippen LogP contribution is 2.29. The van der Waals surface area contributed by atoms with Gasteiger partial charge in [0.15, 0.2) is 0 Å². The smallest absolute Gasteiger partial charge is 0.119 e. The van der Waals surface area contributed by atoms with E-state index >= 15 is 0 Å². The standard InChI is InChI=1S/C16H25NO/c1-3-13-5-4-6-16(11-13)18-15-9-7-14(8-10-15)12(2)17/h7-10,12-13,16H,3-6,11,17H2,1-2H3/t12-,13?,16?/m0/s1. The molecule has 1 aromatic carbocycles. The van der Waals surface area contributed by atoms with Gasteiger partial charge >= 0.3 is 0 Å². The van der Waals surface area contributed by atoms with Crippen LogP contribution in [0.25, 0.3) is 0 Å². The van der Waals surface area contributed by atoms with E-state index in [0.29, 0.717) is 6.10 Å². The Kier molecular flexibility index (Phi) is 4.65. The molecule has 1 saturated carbocycles. The lowest BCUT2D eigenvalue weighted by Gasteiger charge is -2.29. The van der Waals surface area contributed by atoms with Gasteiger partial charge in [0.05, 0.1) is 6.10 Å². The second-order valence-corrected chi connectivity index (χ2v) is 5.54. The van der Waals surface area contributed by atoms with E-state index in [9.17, 15) is 0 Å². The van der Waals surface area contributed by atoms with Crippen LogP contribution in [-0.2, 0) is 0 Å². The van der Waals surface area contributed by atoms with Crippen molar-refractivity contribution in [3.05, 3.63) is 29.8 Å². The Morgan fingerprint density at radius 2 is 2.00 bits per heavy atom. The van der Waals surface area contributed by atoms with Gasteiger partial charge in [-0.3, -0.25) is 0 Å². The van der Waals surface area contributed by atoms with Crippen LogP contribution in [0.15, 0.2) is 24.3 Å². The van der Waals surface area contributed by atoms with E-state index in [1.807, 2.05) is 19.1 Å². The van der Waals surface area contributed by atoms with Gasteiger partial charge in [-0.05, 0) is 49.8 Å². The van der Waals surface area contributed by atoms with Gasteiger partial charge in [-0.15, -0.1) is 0 Å². The van der Waals surface area contributed by atoms with Crippen LogP contribution in [0, 0.1) is 5.92 Å². The summed E-state index contributed by atoms with van der Waals surface area (Å²) in [6.45, 7) is 4.29. The molecule has 0 aromatic heterocycles. The van der Waals surface area contributed by atoms with E-state index < -0.39 is 0 Å². The topological polar surface area (TPSA) is 35.2 Å². The second-order valence-electron chi connectivity index (χ2n) is 5.54.